The fourth-order valence-electron chi connectivity index (χ4n) is 2.99. The lowest BCUT2D eigenvalue weighted by Gasteiger charge is -2.19. The van der Waals surface area contributed by atoms with Crippen molar-refractivity contribution in [3.8, 4) is 0 Å². The van der Waals surface area contributed by atoms with E-state index in [-0.39, 0.29) is 18.3 Å². The molecule has 3 nitrogen and oxygen atoms in total. The smallest absolute Gasteiger partial charge is 0.149 e. The second kappa shape index (κ2) is 7.41. The quantitative estimate of drug-likeness (QED) is 0.712. The fourth-order valence-corrected chi connectivity index (χ4v) is 2.99. The molecule has 0 fully saturated rings. The first-order valence-corrected chi connectivity index (χ1v) is 8.14. The standard InChI is InChI=1S/C20H21FN2O/c1-14-12-19(17-8-5-9-18(21)20(17)23-14)22-13-16(10-11-24)15-6-3-2-4-7-15/h2-9,12,16,24H,10-11,13H2,1H3,(H,22,23). The summed E-state index contributed by atoms with van der Waals surface area (Å²) in [6, 6.07) is 17.0. The van der Waals surface area contributed by atoms with Crippen LogP contribution < -0.4 is 5.32 Å². The molecule has 0 saturated heterocycles. The van der Waals surface area contributed by atoms with Crippen LogP contribution in [0.4, 0.5) is 10.1 Å². The number of anilines is 1. The SMILES string of the molecule is Cc1cc(NCC(CCO)c2ccccc2)c2cccc(F)c2n1. The number of nitrogens with zero attached hydrogens (tertiary/aromatic N) is 1. The highest BCUT2D eigenvalue weighted by Crippen LogP contribution is 2.27. The van der Waals surface area contributed by atoms with Crippen LogP contribution >= 0.6 is 0 Å². The number of fused-ring (bicyclic) bond motifs is 1. The second-order valence-electron chi connectivity index (χ2n) is 5.95. The Morgan fingerprint density at radius 2 is 1.92 bits per heavy atom. The highest BCUT2D eigenvalue weighted by Gasteiger charge is 2.13. The molecule has 0 aliphatic rings. The van der Waals surface area contributed by atoms with Gasteiger partial charge in [0.2, 0.25) is 0 Å². The van der Waals surface area contributed by atoms with Gasteiger partial charge in [0, 0.05) is 35.8 Å². The molecule has 2 aromatic carbocycles. The van der Waals surface area contributed by atoms with E-state index in [1.54, 1.807) is 6.07 Å². The van der Waals surface area contributed by atoms with E-state index in [0.717, 1.165) is 16.8 Å². The van der Waals surface area contributed by atoms with Crippen LogP contribution in [0, 0.1) is 12.7 Å². The number of rotatable bonds is 6. The summed E-state index contributed by atoms with van der Waals surface area (Å²) >= 11 is 0. The molecule has 1 atom stereocenters. The molecule has 0 bridgehead atoms. The number of nitrogens with one attached hydrogen (secondary N) is 1. The van der Waals surface area contributed by atoms with Crippen LogP contribution in [0.15, 0.2) is 54.6 Å². The van der Waals surface area contributed by atoms with E-state index in [1.807, 2.05) is 37.3 Å². The molecule has 0 aliphatic heterocycles. The minimum absolute atomic E-state index is 0.131. The predicted molar refractivity (Wildman–Crippen MR) is 95.8 cm³/mol. The van der Waals surface area contributed by atoms with E-state index in [0.29, 0.717) is 18.5 Å². The summed E-state index contributed by atoms with van der Waals surface area (Å²) < 4.78 is 14.0. The molecule has 0 radical (unpaired) electrons. The first-order chi connectivity index (χ1) is 11.7. The largest absolute Gasteiger partial charge is 0.396 e. The Balaban J connectivity index is 1.88. The van der Waals surface area contributed by atoms with Gasteiger partial charge in [-0.15, -0.1) is 0 Å². The third-order valence-electron chi connectivity index (χ3n) is 4.21. The van der Waals surface area contributed by atoms with Crippen LogP contribution in [0.2, 0.25) is 0 Å². The van der Waals surface area contributed by atoms with Gasteiger partial charge in [-0.1, -0.05) is 42.5 Å². The van der Waals surface area contributed by atoms with Crippen LogP contribution in [0.25, 0.3) is 10.9 Å². The van der Waals surface area contributed by atoms with Gasteiger partial charge in [-0.25, -0.2) is 9.37 Å². The van der Waals surface area contributed by atoms with Gasteiger partial charge in [-0.05, 0) is 31.0 Å². The average Bonchev–Trinajstić information content (AvgIpc) is 2.60. The fraction of sp³-hybridized carbons (Fsp3) is 0.250. The summed E-state index contributed by atoms with van der Waals surface area (Å²) in [4.78, 5) is 4.30. The van der Waals surface area contributed by atoms with E-state index in [2.05, 4.69) is 22.4 Å². The Bertz CT molecular complexity index is 820. The Hall–Kier alpha value is -2.46. The Morgan fingerprint density at radius 3 is 2.67 bits per heavy atom. The van der Waals surface area contributed by atoms with Crippen LogP contribution in [0.1, 0.15) is 23.6 Å². The number of halogens is 1. The average molecular weight is 324 g/mol. The lowest BCUT2D eigenvalue weighted by atomic mass is 9.96. The molecule has 1 aromatic heterocycles. The number of para-hydroxylation sites is 1. The molecule has 4 heteroatoms. The van der Waals surface area contributed by atoms with Gasteiger partial charge in [0.05, 0.1) is 0 Å². The third-order valence-corrected chi connectivity index (χ3v) is 4.21. The van der Waals surface area contributed by atoms with Crippen molar-refractivity contribution in [2.75, 3.05) is 18.5 Å². The van der Waals surface area contributed by atoms with Crippen molar-refractivity contribution >= 4 is 16.6 Å². The van der Waals surface area contributed by atoms with Gasteiger partial charge in [-0.3, -0.25) is 0 Å². The summed E-state index contributed by atoms with van der Waals surface area (Å²) in [5.41, 5.74) is 3.21. The molecular formula is C20H21FN2O. The van der Waals surface area contributed by atoms with Gasteiger partial charge in [-0.2, -0.15) is 0 Å². The van der Waals surface area contributed by atoms with E-state index < -0.39 is 0 Å². The van der Waals surface area contributed by atoms with Crippen molar-refractivity contribution < 1.29 is 9.50 Å². The number of benzene rings is 2. The van der Waals surface area contributed by atoms with Crippen LogP contribution in [0.5, 0.6) is 0 Å². The Kier molecular flexibility index (Phi) is 5.06. The maximum Gasteiger partial charge on any atom is 0.149 e. The van der Waals surface area contributed by atoms with Gasteiger partial charge >= 0.3 is 0 Å². The number of aliphatic hydroxyl groups excluding tert-OH is 1. The second-order valence-corrected chi connectivity index (χ2v) is 5.95. The molecule has 24 heavy (non-hydrogen) atoms. The van der Waals surface area contributed by atoms with E-state index in [9.17, 15) is 9.50 Å². The van der Waals surface area contributed by atoms with Crippen molar-refractivity contribution in [1.29, 1.82) is 0 Å². The Morgan fingerprint density at radius 1 is 1.12 bits per heavy atom. The van der Waals surface area contributed by atoms with Crippen molar-refractivity contribution in [2.24, 2.45) is 0 Å². The molecule has 2 N–H and O–H groups in total. The number of hydrogen-bond acceptors (Lipinski definition) is 3. The lowest BCUT2D eigenvalue weighted by molar-refractivity contribution is 0.277. The van der Waals surface area contributed by atoms with E-state index in [1.165, 1.54) is 11.6 Å². The zero-order chi connectivity index (χ0) is 16.9. The Labute approximate surface area is 141 Å². The summed E-state index contributed by atoms with van der Waals surface area (Å²) in [5.74, 6) is -0.123. The molecule has 0 spiro atoms. The normalized spacial score (nSPS) is 12.3. The first kappa shape index (κ1) is 16.4. The minimum Gasteiger partial charge on any atom is -0.396 e. The van der Waals surface area contributed by atoms with Crippen molar-refractivity contribution in [3.05, 3.63) is 71.7 Å². The summed E-state index contributed by atoms with van der Waals surface area (Å²) in [5, 5.41) is 13.6. The minimum atomic E-state index is -0.311. The highest BCUT2D eigenvalue weighted by atomic mass is 19.1. The van der Waals surface area contributed by atoms with Crippen molar-refractivity contribution in [2.45, 2.75) is 19.3 Å². The molecule has 3 rings (SSSR count). The van der Waals surface area contributed by atoms with Gasteiger partial charge in [0.1, 0.15) is 11.3 Å². The first-order valence-electron chi connectivity index (χ1n) is 8.14. The molecule has 0 amide bonds. The molecule has 0 saturated carbocycles. The number of pyridine rings is 1. The molecule has 124 valence electrons. The zero-order valence-corrected chi connectivity index (χ0v) is 13.7. The summed E-state index contributed by atoms with van der Waals surface area (Å²) in [7, 11) is 0. The maximum absolute atomic E-state index is 14.0. The van der Waals surface area contributed by atoms with Crippen LogP contribution in [0.3, 0.4) is 0 Å². The molecule has 0 aliphatic carbocycles. The molecular weight excluding hydrogens is 303 g/mol. The number of aliphatic hydroxyl groups is 1. The van der Waals surface area contributed by atoms with E-state index in [4.69, 9.17) is 0 Å². The van der Waals surface area contributed by atoms with Crippen molar-refractivity contribution in [1.82, 2.24) is 4.98 Å². The van der Waals surface area contributed by atoms with Crippen LogP contribution in [-0.2, 0) is 0 Å². The summed E-state index contributed by atoms with van der Waals surface area (Å²) in [6.45, 7) is 2.66. The molecule has 1 unspecified atom stereocenters. The predicted octanol–water partition coefficient (Wildman–Crippen LogP) is 4.26. The monoisotopic (exact) mass is 324 g/mol. The van der Waals surface area contributed by atoms with E-state index >= 15 is 0 Å². The van der Waals surface area contributed by atoms with Gasteiger partial charge in [0.15, 0.2) is 0 Å². The van der Waals surface area contributed by atoms with Gasteiger partial charge < -0.3 is 10.4 Å². The lowest BCUT2D eigenvalue weighted by Crippen LogP contribution is -2.14. The molecule has 1 heterocycles. The van der Waals surface area contributed by atoms with Crippen LogP contribution in [-0.4, -0.2) is 23.2 Å². The summed E-state index contributed by atoms with van der Waals surface area (Å²) in [6.07, 6.45) is 0.674. The molecule has 3 aromatic rings. The third kappa shape index (κ3) is 3.54. The maximum atomic E-state index is 14.0. The zero-order valence-electron chi connectivity index (χ0n) is 13.7. The van der Waals surface area contributed by atoms with Gasteiger partial charge in [0.25, 0.3) is 0 Å². The topological polar surface area (TPSA) is 45.1 Å². The number of hydrogen-bond donors (Lipinski definition) is 2. The highest BCUT2D eigenvalue weighted by molar-refractivity contribution is 5.91. The number of aromatic nitrogens is 1. The number of aryl methyl sites for hydroxylation is 1. The van der Waals surface area contributed by atoms with Crippen molar-refractivity contribution in [3.63, 3.8) is 0 Å².